The standard InChI is InChI=1S/C20H16ClF3N4O2/c1-2-17(29)26-13-8-12(21)9-14(10-13)27-19(30)16-11-25-28(18(16)20(22,23)24)15-6-4-3-5-7-15/h3-11H,2H2,1H3,(H,26,29)(H,27,30). The maximum Gasteiger partial charge on any atom is 0.434 e. The van der Waals surface area contributed by atoms with Crippen LogP contribution in [0, 0.1) is 0 Å². The highest BCUT2D eigenvalue weighted by Crippen LogP contribution is 2.34. The van der Waals surface area contributed by atoms with Crippen molar-refractivity contribution in [2.24, 2.45) is 0 Å². The molecule has 0 fully saturated rings. The minimum atomic E-state index is -4.83. The molecule has 0 bridgehead atoms. The Balaban J connectivity index is 1.95. The van der Waals surface area contributed by atoms with Crippen LogP contribution in [0.2, 0.25) is 5.02 Å². The van der Waals surface area contributed by atoms with Crippen molar-refractivity contribution < 1.29 is 22.8 Å². The van der Waals surface area contributed by atoms with Crippen LogP contribution in [0.25, 0.3) is 5.69 Å². The Morgan fingerprint density at radius 1 is 1.07 bits per heavy atom. The number of nitrogens with zero attached hydrogens (tertiary/aromatic N) is 2. The van der Waals surface area contributed by atoms with Crippen molar-refractivity contribution in [2.75, 3.05) is 10.6 Å². The van der Waals surface area contributed by atoms with Gasteiger partial charge in [-0.25, -0.2) is 4.68 Å². The number of alkyl halides is 3. The molecule has 0 spiro atoms. The van der Waals surface area contributed by atoms with Crippen molar-refractivity contribution in [3.05, 3.63) is 71.0 Å². The van der Waals surface area contributed by atoms with Crippen LogP contribution in [0.1, 0.15) is 29.4 Å². The number of halogens is 4. The Kier molecular flexibility index (Phi) is 6.12. The molecule has 0 unspecified atom stereocenters. The largest absolute Gasteiger partial charge is 0.434 e. The van der Waals surface area contributed by atoms with Gasteiger partial charge in [0.05, 0.1) is 17.4 Å². The van der Waals surface area contributed by atoms with Crippen LogP contribution in [-0.2, 0) is 11.0 Å². The van der Waals surface area contributed by atoms with Crippen molar-refractivity contribution in [3.63, 3.8) is 0 Å². The normalized spacial score (nSPS) is 11.2. The Morgan fingerprint density at radius 2 is 1.70 bits per heavy atom. The molecule has 3 rings (SSSR count). The quantitative estimate of drug-likeness (QED) is 0.581. The van der Waals surface area contributed by atoms with Gasteiger partial charge in [0.2, 0.25) is 5.91 Å². The predicted molar refractivity (Wildman–Crippen MR) is 107 cm³/mol. The number of rotatable bonds is 5. The number of aromatic nitrogens is 2. The fourth-order valence-electron chi connectivity index (χ4n) is 2.73. The van der Waals surface area contributed by atoms with Crippen LogP contribution in [0.15, 0.2) is 54.7 Å². The summed E-state index contributed by atoms with van der Waals surface area (Å²) in [5, 5.41) is 8.90. The molecule has 3 aromatic rings. The molecule has 0 saturated heterocycles. The average Bonchev–Trinajstić information content (AvgIpc) is 3.14. The van der Waals surface area contributed by atoms with E-state index < -0.39 is 23.3 Å². The third kappa shape index (κ3) is 4.80. The van der Waals surface area contributed by atoms with E-state index in [2.05, 4.69) is 15.7 Å². The monoisotopic (exact) mass is 436 g/mol. The van der Waals surface area contributed by atoms with Crippen LogP contribution in [-0.4, -0.2) is 21.6 Å². The Hall–Kier alpha value is -3.33. The second-order valence-corrected chi connectivity index (χ2v) is 6.67. The third-order valence-electron chi connectivity index (χ3n) is 4.04. The number of carbonyl (C=O) groups is 2. The molecular weight excluding hydrogens is 421 g/mol. The first-order valence-electron chi connectivity index (χ1n) is 8.81. The van der Waals surface area contributed by atoms with Crippen molar-refractivity contribution in [1.82, 2.24) is 9.78 Å². The highest BCUT2D eigenvalue weighted by molar-refractivity contribution is 6.31. The van der Waals surface area contributed by atoms with Gasteiger partial charge < -0.3 is 10.6 Å². The molecule has 0 saturated carbocycles. The molecule has 0 aliphatic heterocycles. The van der Waals surface area contributed by atoms with E-state index in [0.717, 1.165) is 6.20 Å². The molecule has 156 valence electrons. The van der Waals surface area contributed by atoms with E-state index in [1.54, 1.807) is 25.1 Å². The molecule has 2 amide bonds. The van der Waals surface area contributed by atoms with Gasteiger partial charge in [0.1, 0.15) is 0 Å². The summed E-state index contributed by atoms with van der Waals surface area (Å²) in [5.41, 5.74) is -1.26. The zero-order valence-corrected chi connectivity index (χ0v) is 16.4. The molecule has 0 aliphatic carbocycles. The molecule has 1 heterocycles. The maximum atomic E-state index is 13.7. The molecular formula is C20H16ClF3N4O2. The number of nitrogens with one attached hydrogen (secondary N) is 2. The maximum absolute atomic E-state index is 13.7. The first-order valence-corrected chi connectivity index (χ1v) is 9.19. The van der Waals surface area contributed by atoms with Crippen molar-refractivity contribution in [3.8, 4) is 5.69 Å². The van der Waals surface area contributed by atoms with Crippen LogP contribution in [0.4, 0.5) is 24.5 Å². The first-order chi connectivity index (χ1) is 14.2. The van der Waals surface area contributed by atoms with Crippen molar-refractivity contribution in [1.29, 1.82) is 0 Å². The fourth-order valence-corrected chi connectivity index (χ4v) is 2.97. The SMILES string of the molecule is CCC(=O)Nc1cc(Cl)cc(NC(=O)c2cnn(-c3ccccc3)c2C(F)(F)F)c1. The topological polar surface area (TPSA) is 76.0 Å². The summed E-state index contributed by atoms with van der Waals surface area (Å²) in [6.07, 6.45) is -3.75. The Morgan fingerprint density at radius 3 is 2.30 bits per heavy atom. The fraction of sp³-hybridized carbons (Fsp3) is 0.150. The average molecular weight is 437 g/mol. The van der Waals surface area contributed by atoms with Crippen molar-refractivity contribution in [2.45, 2.75) is 19.5 Å². The van der Waals surface area contributed by atoms with Gasteiger partial charge in [-0.3, -0.25) is 9.59 Å². The van der Waals surface area contributed by atoms with E-state index in [-0.39, 0.29) is 28.7 Å². The highest BCUT2D eigenvalue weighted by atomic mass is 35.5. The van der Waals surface area contributed by atoms with Gasteiger partial charge in [-0.05, 0) is 30.3 Å². The number of para-hydroxylation sites is 1. The molecule has 6 nitrogen and oxygen atoms in total. The number of hydrogen-bond acceptors (Lipinski definition) is 3. The zero-order valence-electron chi connectivity index (χ0n) is 15.6. The molecule has 0 atom stereocenters. The molecule has 10 heteroatoms. The number of amides is 2. The Labute approximate surface area is 174 Å². The van der Waals surface area contributed by atoms with Gasteiger partial charge in [0, 0.05) is 22.8 Å². The number of benzene rings is 2. The smallest absolute Gasteiger partial charge is 0.326 e. The van der Waals surface area contributed by atoms with E-state index in [9.17, 15) is 22.8 Å². The predicted octanol–water partition coefficient (Wildman–Crippen LogP) is 5.15. The van der Waals surface area contributed by atoms with E-state index >= 15 is 0 Å². The minimum Gasteiger partial charge on any atom is -0.326 e. The lowest BCUT2D eigenvalue weighted by Crippen LogP contribution is -2.20. The first kappa shape index (κ1) is 21.4. The van der Waals surface area contributed by atoms with Gasteiger partial charge in [0.25, 0.3) is 5.91 Å². The van der Waals surface area contributed by atoms with Gasteiger partial charge in [-0.2, -0.15) is 18.3 Å². The zero-order chi connectivity index (χ0) is 21.9. The van der Waals surface area contributed by atoms with Crippen LogP contribution >= 0.6 is 11.6 Å². The lowest BCUT2D eigenvalue weighted by molar-refractivity contribution is -0.143. The molecule has 0 radical (unpaired) electrons. The molecule has 1 aromatic heterocycles. The molecule has 2 N–H and O–H groups in total. The lowest BCUT2D eigenvalue weighted by Gasteiger charge is -2.13. The van der Waals surface area contributed by atoms with E-state index in [0.29, 0.717) is 10.4 Å². The van der Waals surface area contributed by atoms with Gasteiger partial charge in [0.15, 0.2) is 5.69 Å². The molecule has 0 aliphatic rings. The van der Waals surface area contributed by atoms with Gasteiger partial charge in [-0.15, -0.1) is 0 Å². The third-order valence-corrected chi connectivity index (χ3v) is 4.26. The summed E-state index contributed by atoms with van der Waals surface area (Å²) in [6, 6.07) is 11.9. The summed E-state index contributed by atoms with van der Waals surface area (Å²) < 4.78 is 41.9. The number of hydrogen-bond donors (Lipinski definition) is 2. The van der Waals surface area contributed by atoms with Crippen LogP contribution < -0.4 is 10.6 Å². The second kappa shape index (κ2) is 8.58. The van der Waals surface area contributed by atoms with Crippen LogP contribution in [0.3, 0.4) is 0 Å². The summed E-state index contributed by atoms with van der Waals surface area (Å²) in [5.74, 6) is -1.29. The Bertz CT molecular complexity index is 1080. The summed E-state index contributed by atoms with van der Waals surface area (Å²) in [6.45, 7) is 1.66. The lowest BCUT2D eigenvalue weighted by atomic mass is 10.2. The summed E-state index contributed by atoms with van der Waals surface area (Å²) in [7, 11) is 0. The van der Waals surface area contributed by atoms with Gasteiger partial charge >= 0.3 is 6.18 Å². The highest BCUT2D eigenvalue weighted by Gasteiger charge is 2.40. The summed E-state index contributed by atoms with van der Waals surface area (Å²) in [4.78, 5) is 24.2. The van der Waals surface area contributed by atoms with Gasteiger partial charge in [-0.1, -0.05) is 36.7 Å². The van der Waals surface area contributed by atoms with E-state index in [4.69, 9.17) is 11.6 Å². The minimum absolute atomic E-state index is 0.125. The van der Waals surface area contributed by atoms with Crippen LogP contribution in [0.5, 0.6) is 0 Å². The van der Waals surface area contributed by atoms with Crippen molar-refractivity contribution >= 4 is 34.8 Å². The number of anilines is 2. The number of carbonyl (C=O) groups excluding carboxylic acids is 2. The second-order valence-electron chi connectivity index (χ2n) is 6.24. The summed E-state index contributed by atoms with van der Waals surface area (Å²) >= 11 is 6.00. The molecule has 2 aromatic carbocycles. The van der Waals surface area contributed by atoms with E-state index in [1.165, 1.54) is 30.3 Å². The van der Waals surface area contributed by atoms with E-state index in [1.807, 2.05) is 0 Å². The molecule has 30 heavy (non-hydrogen) atoms.